The van der Waals surface area contributed by atoms with E-state index < -0.39 is 5.25 Å². The van der Waals surface area contributed by atoms with Gasteiger partial charge in [0.1, 0.15) is 5.82 Å². The summed E-state index contributed by atoms with van der Waals surface area (Å²) in [6, 6.07) is 10.4. The molecule has 140 valence electrons. The van der Waals surface area contributed by atoms with Gasteiger partial charge in [-0.2, -0.15) is 0 Å². The van der Waals surface area contributed by atoms with Crippen molar-refractivity contribution in [3.63, 3.8) is 0 Å². The molecule has 1 heterocycles. The molecule has 1 amide bonds. The van der Waals surface area contributed by atoms with Gasteiger partial charge in [0.05, 0.1) is 10.3 Å². The number of nitrogens with two attached hydrogens (primary N) is 1. The van der Waals surface area contributed by atoms with Gasteiger partial charge in [-0.25, -0.2) is 9.07 Å². The second-order valence-corrected chi connectivity index (χ2v) is 7.71. The van der Waals surface area contributed by atoms with E-state index in [2.05, 4.69) is 15.5 Å². The van der Waals surface area contributed by atoms with Gasteiger partial charge in [0.25, 0.3) is 0 Å². The predicted octanol–water partition coefficient (Wildman–Crippen LogP) is 4.22. The van der Waals surface area contributed by atoms with Crippen molar-refractivity contribution >= 4 is 46.6 Å². The van der Waals surface area contributed by atoms with Crippen molar-refractivity contribution in [2.24, 2.45) is 0 Å². The second-order valence-electron chi connectivity index (χ2n) is 5.56. The summed E-state index contributed by atoms with van der Waals surface area (Å²) in [6.45, 7) is 1.70. The molecule has 1 aromatic heterocycles. The van der Waals surface area contributed by atoms with Crippen molar-refractivity contribution < 1.29 is 9.18 Å². The summed E-state index contributed by atoms with van der Waals surface area (Å²) >= 11 is 13.3. The molecule has 0 saturated carbocycles. The number of aromatic nitrogens is 3. The number of thioether (sulfide) groups is 1. The third-order valence-corrected chi connectivity index (χ3v) is 5.22. The van der Waals surface area contributed by atoms with Crippen LogP contribution in [0.2, 0.25) is 10.0 Å². The smallest absolute Gasteiger partial charge is 0.237 e. The molecule has 3 aromatic rings. The molecular weight excluding hydrogens is 412 g/mol. The second kappa shape index (κ2) is 8.16. The highest BCUT2D eigenvalue weighted by Gasteiger charge is 2.21. The van der Waals surface area contributed by atoms with Gasteiger partial charge in [-0.3, -0.25) is 4.79 Å². The topological polar surface area (TPSA) is 85.8 Å². The third kappa shape index (κ3) is 4.52. The lowest BCUT2D eigenvalue weighted by atomic mass is 10.2. The van der Waals surface area contributed by atoms with Crippen LogP contribution in [0.3, 0.4) is 0 Å². The molecule has 2 aromatic carbocycles. The molecule has 0 aliphatic heterocycles. The lowest BCUT2D eigenvalue weighted by Gasteiger charge is -2.11. The summed E-state index contributed by atoms with van der Waals surface area (Å²) in [5.41, 5.74) is 1.03. The Hall–Kier alpha value is -2.29. The molecule has 0 aliphatic carbocycles. The zero-order chi connectivity index (χ0) is 19.6. The first-order chi connectivity index (χ1) is 12.8. The fourth-order valence-electron chi connectivity index (χ4n) is 2.20. The molecule has 0 bridgehead atoms. The van der Waals surface area contributed by atoms with Gasteiger partial charge in [-0.1, -0.05) is 35.0 Å². The van der Waals surface area contributed by atoms with Gasteiger partial charge in [0.15, 0.2) is 5.82 Å². The van der Waals surface area contributed by atoms with Crippen LogP contribution in [0.1, 0.15) is 6.92 Å². The highest BCUT2D eigenvalue weighted by molar-refractivity contribution is 8.00. The maximum absolute atomic E-state index is 12.9. The summed E-state index contributed by atoms with van der Waals surface area (Å²) in [5, 5.41) is 11.5. The number of nitrogen functional groups attached to an aromatic ring is 1. The number of benzene rings is 2. The molecule has 27 heavy (non-hydrogen) atoms. The Morgan fingerprint density at radius 2 is 1.93 bits per heavy atom. The largest absolute Gasteiger partial charge is 0.335 e. The molecule has 0 aliphatic rings. The van der Waals surface area contributed by atoms with E-state index >= 15 is 0 Å². The number of carbonyl (C=O) groups is 1. The summed E-state index contributed by atoms with van der Waals surface area (Å²) in [7, 11) is 0. The highest BCUT2D eigenvalue weighted by Crippen LogP contribution is 2.31. The van der Waals surface area contributed by atoms with Crippen molar-refractivity contribution in [1.29, 1.82) is 0 Å². The lowest BCUT2D eigenvalue weighted by Crippen LogP contribution is -2.23. The van der Waals surface area contributed by atoms with E-state index in [1.54, 1.807) is 25.1 Å². The average molecular weight is 426 g/mol. The van der Waals surface area contributed by atoms with Gasteiger partial charge in [0, 0.05) is 16.3 Å². The number of hydrogen-bond donors (Lipinski definition) is 2. The van der Waals surface area contributed by atoms with Gasteiger partial charge >= 0.3 is 0 Å². The molecule has 1 atom stereocenters. The Balaban J connectivity index is 1.74. The van der Waals surface area contributed by atoms with Gasteiger partial charge < -0.3 is 11.2 Å². The molecule has 3 rings (SSSR count). The number of carbonyl (C=O) groups excluding carboxylic acids is 1. The van der Waals surface area contributed by atoms with Crippen molar-refractivity contribution in [2.75, 3.05) is 11.2 Å². The SMILES string of the molecule is CC(Sc1nnc(-c2cc(Cl)ccc2Cl)n1N)C(=O)Nc1ccc(F)cc1. The van der Waals surface area contributed by atoms with E-state index in [9.17, 15) is 9.18 Å². The van der Waals surface area contributed by atoms with Gasteiger partial charge in [0.2, 0.25) is 11.1 Å². The predicted molar refractivity (Wildman–Crippen MR) is 106 cm³/mol. The van der Waals surface area contributed by atoms with Crippen molar-refractivity contribution in [3.8, 4) is 11.4 Å². The monoisotopic (exact) mass is 425 g/mol. The Kier molecular flexibility index (Phi) is 5.88. The van der Waals surface area contributed by atoms with Crippen LogP contribution in [0, 0.1) is 5.82 Å². The Morgan fingerprint density at radius 3 is 2.63 bits per heavy atom. The van der Waals surface area contributed by atoms with Crippen LogP contribution in [0.25, 0.3) is 11.4 Å². The number of rotatable bonds is 5. The molecular formula is C17H14Cl2FN5OS. The Labute approximate surface area is 168 Å². The lowest BCUT2D eigenvalue weighted by molar-refractivity contribution is -0.115. The number of hydrogen-bond acceptors (Lipinski definition) is 5. The van der Waals surface area contributed by atoms with Crippen molar-refractivity contribution in [3.05, 3.63) is 58.3 Å². The van der Waals surface area contributed by atoms with E-state index in [1.165, 1.54) is 28.9 Å². The van der Waals surface area contributed by atoms with Gasteiger partial charge in [-0.05, 0) is 49.4 Å². The van der Waals surface area contributed by atoms with E-state index in [0.29, 0.717) is 32.3 Å². The minimum atomic E-state index is -0.524. The summed E-state index contributed by atoms with van der Waals surface area (Å²) < 4.78 is 14.2. The fraction of sp³-hybridized carbons (Fsp3) is 0.118. The number of anilines is 1. The minimum absolute atomic E-state index is 0.281. The van der Waals surface area contributed by atoms with Crippen LogP contribution >= 0.6 is 35.0 Å². The van der Waals surface area contributed by atoms with Gasteiger partial charge in [-0.15, -0.1) is 10.2 Å². The quantitative estimate of drug-likeness (QED) is 0.471. The normalized spacial score (nSPS) is 12.0. The van der Waals surface area contributed by atoms with E-state index in [1.807, 2.05) is 0 Å². The molecule has 6 nitrogen and oxygen atoms in total. The number of amides is 1. The first-order valence-electron chi connectivity index (χ1n) is 7.74. The summed E-state index contributed by atoms with van der Waals surface area (Å²) in [5.74, 6) is 5.74. The van der Waals surface area contributed by atoms with E-state index in [0.717, 1.165) is 11.8 Å². The number of nitrogens with one attached hydrogen (secondary N) is 1. The zero-order valence-electron chi connectivity index (χ0n) is 14.0. The molecule has 0 radical (unpaired) electrons. The molecule has 1 unspecified atom stereocenters. The standard InChI is InChI=1S/C17H14Cl2FN5OS/c1-9(16(26)22-12-5-3-11(20)4-6-12)27-17-24-23-15(25(17)21)13-8-10(18)2-7-14(13)19/h2-9H,21H2,1H3,(H,22,26). The van der Waals surface area contributed by atoms with E-state index in [-0.39, 0.29) is 11.7 Å². The maximum atomic E-state index is 12.9. The van der Waals surface area contributed by atoms with Crippen LogP contribution in [0.5, 0.6) is 0 Å². The molecule has 3 N–H and O–H groups in total. The molecule has 10 heteroatoms. The van der Waals surface area contributed by atoms with Crippen LogP contribution in [-0.2, 0) is 4.79 Å². The van der Waals surface area contributed by atoms with Crippen molar-refractivity contribution in [1.82, 2.24) is 14.9 Å². The Bertz CT molecular complexity index is 980. The van der Waals surface area contributed by atoms with Crippen LogP contribution in [0.15, 0.2) is 47.6 Å². The summed E-state index contributed by atoms with van der Waals surface area (Å²) in [6.07, 6.45) is 0. The van der Waals surface area contributed by atoms with Crippen LogP contribution < -0.4 is 11.2 Å². The first kappa shape index (κ1) is 19.5. The zero-order valence-corrected chi connectivity index (χ0v) is 16.3. The average Bonchev–Trinajstić information content (AvgIpc) is 2.99. The Morgan fingerprint density at radius 1 is 1.22 bits per heavy atom. The van der Waals surface area contributed by atoms with E-state index in [4.69, 9.17) is 29.0 Å². The molecule has 0 fully saturated rings. The summed E-state index contributed by atoms with van der Waals surface area (Å²) in [4.78, 5) is 12.3. The maximum Gasteiger partial charge on any atom is 0.237 e. The third-order valence-electron chi connectivity index (χ3n) is 3.60. The fourth-order valence-corrected chi connectivity index (χ4v) is 3.34. The van der Waals surface area contributed by atoms with Crippen LogP contribution in [0.4, 0.5) is 10.1 Å². The first-order valence-corrected chi connectivity index (χ1v) is 9.37. The number of nitrogens with zero attached hydrogens (tertiary/aromatic N) is 3. The van der Waals surface area contributed by atoms with Crippen LogP contribution in [-0.4, -0.2) is 26.0 Å². The number of halogens is 3. The molecule has 0 spiro atoms. The minimum Gasteiger partial charge on any atom is -0.335 e. The molecule has 0 saturated heterocycles. The van der Waals surface area contributed by atoms with Crippen molar-refractivity contribution in [2.45, 2.75) is 17.3 Å². The highest BCUT2D eigenvalue weighted by atomic mass is 35.5.